The maximum absolute atomic E-state index is 4.25. The largest absolute Gasteiger partial charge is 0.378 e. The van der Waals surface area contributed by atoms with Crippen molar-refractivity contribution in [3.63, 3.8) is 0 Å². The van der Waals surface area contributed by atoms with Crippen molar-refractivity contribution in [3.05, 3.63) is 40.7 Å². The predicted molar refractivity (Wildman–Crippen MR) is 74.8 cm³/mol. The van der Waals surface area contributed by atoms with Gasteiger partial charge < -0.3 is 10.6 Å². The highest BCUT2D eigenvalue weighted by molar-refractivity contribution is 7.07. The van der Waals surface area contributed by atoms with Crippen molar-refractivity contribution in [2.75, 3.05) is 17.2 Å². The molecular weight excluding hydrogens is 230 g/mol. The second-order valence-electron chi connectivity index (χ2n) is 3.88. The number of pyridine rings is 1. The Morgan fingerprint density at radius 2 is 2.29 bits per heavy atom. The molecule has 2 aromatic rings. The molecule has 0 saturated carbocycles. The summed E-state index contributed by atoms with van der Waals surface area (Å²) in [5, 5.41) is 10.9. The molecule has 0 fully saturated rings. The molecule has 90 valence electrons. The van der Waals surface area contributed by atoms with Gasteiger partial charge in [-0.2, -0.15) is 11.3 Å². The summed E-state index contributed by atoms with van der Waals surface area (Å²) < 4.78 is 0. The molecule has 0 saturated heterocycles. The zero-order valence-corrected chi connectivity index (χ0v) is 10.9. The number of aromatic nitrogens is 1. The van der Waals surface area contributed by atoms with Crippen LogP contribution in [-0.4, -0.2) is 11.5 Å². The molecule has 2 N–H and O–H groups in total. The summed E-state index contributed by atoms with van der Waals surface area (Å²) >= 11 is 1.73. The lowest BCUT2D eigenvalue weighted by Gasteiger charge is -2.14. The van der Waals surface area contributed by atoms with Crippen molar-refractivity contribution in [2.24, 2.45) is 0 Å². The number of thiophene rings is 1. The number of nitrogens with zero attached hydrogens (tertiary/aromatic N) is 1. The minimum atomic E-state index is 0.318. The Kier molecular flexibility index (Phi) is 3.98. The van der Waals surface area contributed by atoms with Gasteiger partial charge in [0, 0.05) is 30.5 Å². The van der Waals surface area contributed by atoms with Gasteiger partial charge in [-0.3, -0.25) is 0 Å². The average Bonchev–Trinajstić information content (AvgIpc) is 2.83. The minimum Gasteiger partial charge on any atom is -0.378 e. The number of rotatable bonds is 5. The fourth-order valence-electron chi connectivity index (χ4n) is 1.65. The first-order valence-corrected chi connectivity index (χ1v) is 6.72. The first-order valence-electron chi connectivity index (χ1n) is 5.78. The molecule has 3 nitrogen and oxygen atoms in total. The lowest BCUT2D eigenvalue weighted by Crippen LogP contribution is -2.06. The molecule has 0 amide bonds. The van der Waals surface area contributed by atoms with Crippen molar-refractivity contribution in [1.82, 2.24) is 4.98 Å². The van der Waals surface area contributed by atoms with Crippen molar-refractivity contribution >= 4 is 22.8 Å². The third-order valence-electron chi connectivity index (χ3n) is 2.54. The third-order valence-corrected chi connectivity index (χ3v) is 3.25. The quantitative estimate of drug-likeness (QED) is 0.845. The van der Waals surface area contributed by atoms with Gasteiger partial charge in [0.1, 0.15) is 5.82 Å². The van der Waals surface area contributed by atoms with Crippen LogP contribution in [0.5, 0.6) is 0 Å². The number of nitrogens with one attached hydrogen (secondary N) is 2. The van der Waals surface area contributed by atoms with E-state index in [0.717, 1.165) is 18.1 Å². The van der Waals surface area contributed by atoms with Crippen LogP contribution in [0.25, 0.3) is 0 Å². The van der Waals surface area contributed by atoms with Crippen molar-refractivity contribution < 1.29 is 0 Å². The molecule has 0 bridgehead atoms. The van der Waals surface area contributed by atoms with Gasteiger partial charge in [-0.15, -0.1) is 0 Å². The van der Waals surface area contributed by atoms with Gasteiger partial charge >= 0.3 is 0 Å². The SMILES string of the molecule is CCNc1cc(NC(C)c2ccsc2)ccn1. The van der Waals surface area contributed by atoms with Crippen LogP contribution in [-0.2, 0) is 0 Å². The van der Waals surface area contributed by atoms with E-state index in [1.807, 2.05) is 18.3 Å². The Bertz CT molecular complexity index is 453. The van der Waals surface area contributed by atoms with Crippen molar-refractivity contribution in [3.8, 4) is 0 Å². The second-order valence-corrected chi connectivity index (χ2v) is 4.66. The highest BCUT2D eigenvalue weighted by Crippen LogP contribution is 2.22. The molecule has 1 atom stereocenters. The lowest BCUT2D eigenvalue weighted by molar-refractivity contribution is 0.890. The van der Waals surface area contributed by atoms with Gasteiger partial charge in [0.05, 0.1) is 0 Å². The molecule has 2 rings (SSSR count). The number of hydrogen-bond acceptors (Lipinski definition) is 4. The summed E-state index contributed by atoms with van der Waals surface area (Å²) in [6, 6.07) is 6.49. The summed E-state index contributed by atoms with van der Waals surface area (Å²) in [5.41, 5.74) is 2.41. The summed E-state index contributed by atoms with van der Waals surface area (Å²) in [5.74, 6) is 0.912. The lowest BCUT2D eigenvalue weighted by atomic mass is 10.2. The maximum Gasteiger partial charge on any atom is 0.127 e. The van der Waals surface area contributed by atoms with E-state index in [0.29, 0.717) is 6.04 Å². The van der Waals surface area contributed by atoms with Crippen LogP contribution in [0.1, 0.15) is 25.5 Å². The Balaban J connectivity index is 2.05. The molecule has 0 aliphatic heterocycles. The van der Waals surface area contributed by atoms with Gasteiger partial charge in [0.15, 0.2) is 0 Å². The standard InChI is InChI=1S/C13H17N3S/c1-3-14-13-8-12(4-6-15-13)16-10(2)11-5-7-17-9-11/h4-10H,3H2,1-2H3,(H2,14,15,16). The van der Waals surface area contributed by atoms with Gasteiger partial charge in [0.25, 0.3) is 0 Å². The summed E-state index contributed by atoms with van der Waals surface area (Å²) in [7, 11) is 0. The number of anilines is 2. The van der Waals surface area contributed by atoms with Crippen LogP contribution in [0, 0.1) is 0 Å². The molecule has 0 spiro atoms. The predicted octanol–water partition coefficient (Wildman–Crippen LogP) is 3.75. The maximum atomic E-state index is 4.25. The van der Waals surface area contributed by atoms with E-state index in [4.69, 9.17) is 0 Å². The van der Waals surface area contributed by atoms with Crippen LogP contribution >= 0.6 is 11.3 Å². The van der Waals surface area contributed by atoms with Crippen LogP contribution in [0.4, 0.5) is 11.5 Å². The van der Waals surface area contributed by atoms with Crippen molar-refractivity contribution in [2.45, 2.75) is 19.9 Å². The van der Waals surface area contributed by atoms with E-state index in [9.17, 15) is 0 Å². The first kappa shape index (κ1) is 11.9. The second kappa shape index (κ2) is 5.68. The summed E-state index contributed by atoms with van der Waals surface area (Å²) in [6.07, 6.45) is 1.82. The van der Waals surface area contributed by atoms with Crippen LogP contribution in [0.2, 0.25) is 0 Å². The van der Waals surface area contributed by atoms with E-state index in [2.05, 4.69) is 46.3 Å². The normalized spacial score (nSPS) is 12.1. The van der Waals surface area contributed by atoms with Crippen LogP contribution in [0.15, 0.2) is 35.2 Å². The fraction of sp³-hybridized carbons (Fsp3) is 0.308. The highest BCUT2D eigenvalue weighted by Gasteiger charge is 2.05. The molecule has 4 heteroatoms. The fourth-order valence-corrected chi connectivity index (χ4v) is 2.41. The van der Waals surface area contributed by atoms with Gasteiger partial charge in [-0.25, -0.2) is 4.98 Å². The molecule has 0 radical (unpaired) electrons. The van der Waals surface area contributed by atoms with E-state index < -0.39 is 0 Å². The molecule has 0 aliphatic carbocycles. The van der Waals surface area contributed by atoms with Crippen LogP contribution < -0.4 is 10.6 Å². The Hall–Kier alpha value is -1.55. The Morgan fingerprint density at radius 1 is 1.41 bits per heavy atom. The number of hydrogen-bond donors (Lipinski definition) is 2. The molecule has 0 aliphatic rings. The van der Waals surface area contributed by atoms with E-state index >= 15 is 0 Å². The van der Waals surface area contributed by atoms with Gasteiger partial charge in [0.2, 0.25) is 0 Å². The minimum absolute atomic E-state index is 0.318. The van der Waals surface area contributed by atoms with Gasteiger partial charge in [-0.1, -0.05) is 0 Å². The molecule has 0 aromatic carbocycles. The zero-order chi connectivity index (χ0) is 12.1. The summed E-state index contributed by atoms with van der Waals surface area (Å²) in [6.45, 7) is 5.11. The monoisotopic (exact) mass is 247 g/mol. The van der Waals surface area contributed by atoms with Gasteiger partial charge in [-0.05, 0) is 42.3 Å². The Labute approximate surface area is 106 Å². The average molecular weight is 247 g/mol. The molecule has 17 heavy (non-hydrogen) atoms. The third kappa shape index (κ3) is 3.20. The summed E-state index contributed by atoms with van der Waals surface area (Å²) in [4.78, 5) is 4.25. The highest BCUT2D eigenvalue weighted by atomic mass is 32.1. The van der Waals surface area contributed by atoms with E-state index in [1.165, 1.54) is 5.56 Å². The van der Waals surface area contributed by atoms with E-state index in [-0.39, 0.29) is 0 Å². The molecule has 2 aromatic heterocycles. The van der Waals surface area contributed by atoms with E-state index in [1.54, 1.807) is 11.3 Å². The molecule has 2 heterocycles. The van der Waals surface area contributed by atoms with Crippen molar-refractivity contribution in [1.29, 1.82) is 0 Å². The molecule has 1 unspecified atom stereocenters. The Morgan fingerprint density at radius 3 is 3.00 bits per heavy atom. The molecular formula is C13H17N3S. The topological polar surface area (TPSA) is 37.0 Å². The zero-order valence-electron chi connectivity index (χ0n) is 10.1. The smallest absolute Gasteiger partial charge is 0.127 e. The first-order chi connectivity index (χ1) is 8.29. The van der Waals surface area contributed by atoms with Crippen LogP contribution in [0.3, 0.4) is 0 Å².